The zero-order chi connectivity index (χ0) is 25.3. The highest BCUT2D eigenvalue weighted by Gasteiger charge is 2.55. The van der Waals surface area contributed by atoms with Gasteiger partial charge >= 0.3 is 5.92 Å². The van der Waals surface area contributed by atoms with Crippen molar-refractivity contribution in [2.45, 2.75) is 50.1 Å². The van der Waals surface area contributed by atoms with Gasteiger partial charge in [-0.15, -0.1) is 0 Å². The molecule has 1 saturated carbocycles. The Kier molecular flexibility index (Phi) is 7.14. The topological polar surface area (TPSA) is 95.6 Å². The molecule has 0 aromatic heterocycles. The lowest BCUT2D eigenvalue weighted by Crippen LogP contribution is -2.55. The number of nitrogens with zero attached hydrogens (tertiary/aromatic N) is 1. The zero-order valence-electron chi connectivity index (χ0n) is 18.9. The van der Waals surface area contributed by atoms with Crippen molar-refractivity contribution < 1.29 is 36.7 Å². The standard InChI is InChI=1S/C24H27F4N3O4/c25-11-19(32)18(9-13-7-8-29-21(13)33)30-22(34)20-17-6-1-3-14(17)12-31(20)23(35)24(27,28)15-4-2-5-16(26)10-15/h2,4-5,10,13-14,17-18,20H,1,3,6-9,11-12H2,(H,29,33)(H,30,34)/t13-,14+,17+,18+,20-/m0/s1. The fraction of sp³-hybridized carbons (Fsp3) is 0.583. The van der Waals surface area contributed by atoms with E-state index in [2.05, 4.69) is 10.6 Å². The molecule has 2 heterocycles. The van der Waals surface area contributed by atoms with E-state index in [0.29, 0.717) is 31.9 Å². The van der Waals surface area contributed by atoms with Crippen LogP contribution in [0.15, 0.2) is 24.3 Å². The van der Waals surface area contributed by atoms with E-state index in [9.17, 15) is 28.0 Å². The Morgan fingerprint density at radius 3 is 2.63 bits per heavy atom. The summed E-state index contributed by atoms with van der Waals surface area (Å²) in [6.45, 7) is -1.03. The molecule has 1 aliphatic carbocycles. The average molecular weight is 497 g/mol. The molecule has 35 heavy (non-hydrogen) atoms. The lowest BCUT2D eigenvalue weighted by molar-refractivity contribution is -0.162. The first-order valence-corrected chi connectivity index (χ1v) is 11.7. The summed E-state index contributed by atoms with van der Waals surface area (Å²) in [5.74, 6) is -9.84. The van der Waals surface area contributed by atoms with Crippen LogP contribution in [-0.4, -0.2) is 60.3 Å². The van der Waals surface area contributed by atoms with Crippen LogP contribution in [0.2, 0.25) is 0 Å². The number of carbonyl (C=O) groups is 4. The first kappa shape index (κ1) is 25.1. The molecular formula is C24H27F4N3O4. The largest absolute Gasteiger partial charge is 0.356 e. The minimum absolute atomic E-state index is 0.0702. The van der Waals surface area contributed by atoms with E-state index >= 15 is 8.78 Å². The first-order chi connectivity index (χ1) is 16.6. The van der Waals surface area contributed by atoms with Crippen molar-refractivity contribution in [2.75, 3.05) is 19.8 Å². The number of halogens is 4. The number of fused-ring (bicyclic) bond motifs is 1. The fourth-order valence-electron chi connectivity index (χ4n) is 5.61. The Hall–Kier alpha value is -2.98. The third-order valence-corrected chi connectivity index (χ3v) is 7.40. The molecule has 4 rings (SSSR count). The molecule has 0 bridgehead atoms. The molecule has 0 unspecified atom stereocenters. The molecular weight excluding hydrogens is 470 g/mol. The van der Waals surface area contributed by atoms with Crippen LogP contribution in [0.25, 0.3) is 0 Å². The van der Waals surface area contributed by atoms with Gasteiger partial charge in [-0.25, -0.2) is 8.78 Å². The first-order valence-electron chi connectivity index (χ1n) is 11.7. The zero-order valence-corrected chi connectivity index (χ0v) is 18.9. The van der Waals surface area contributed by atoms with Gasteiger partial charge < -0.3 is 15.5 Å². The number of alkyl halides is 3. The quantitative estimate of drug-likeness (QED) is 0.538. The number of likely N-dealkylation sites (tertiary alicyclic amines) is 1. The third kappa shape index (κ3) is 4.90. The molecule has 11 heteroatoms. The number of nitrogens with one attached hydrogen (secondary N) is 2. The predicted octanol–water partition coefficient (Wildman–Crippen LogP) is 2.09. The molecule has 7 nitrogen and oxygen atoms in total. The van der Waals surface area contributed by atoms with Crippen LogP contribution in [0.5, 0.6) is 0 Å². The van der Waals surface area contributed by atoms with E-state index in [0.717, 1.165) is 29.5 Å². The SMILES string of the molecule is O=C1NCC[C@H]1C[C@@H](NC(=O)[C@@H]1[C@@H]2CCC[C@@H]2CN1C(=O)C(F)(F)c1cccc(F)c1)C(=O)CF. The average Bonchev–Trinajstić information content (AvgIpc) is 3.53. The van der Waals surface area contributed by atoms with E-state index in [1.165, 1.54) is 0 Å². The number of ketones is 1. The van der Waals surface area contributed by atoms with Gasteiger partial charge in [0.25, 0.3) is 5.91 Å². The molecule has 0 spiro atoms. The van der Waals surface area contributed by atoms with Crippen LogP contribution in [0.4, 0.5) is 17.6 Å². The lowest BCUT2D eigenvalue weighted by Gasteiger charge is -2.31. The maximum Gasteiger partial charge on any atom is 0.350 e. The van der Waals surface area contributed by atoms with Crippen LogP contribution in [-0.2, 0) is 25.1 Å². The van der Waals surface area contributed by atoms with E-state index < -0.39 is 65.5 Å². The number of amides is 3. The van der Waals surface area contributed by atoms with Gasteiger partial charge in [-0.1, -0.05) is 18.6 Å². The molecule has 2 aliphatic heterocycles. The highest BCUT2D eigenvalue weighted by molar-refractivity contribution is 5.95. The second-order valence-electron chi connectivity index (χ2n) is 9.52. The van der Waals surface area contributed by atoms with Crippen LogP contribution in [0.3, 0.4) is 0 Å². The number of carbonyl (C=O) groups excluding carboxylic acids is 4. The Morgan fingerprint density at radius 1 is 1.20 bits per heavy atom. The number of hydrogen-bond donors (Lipinski definition) is 2. The fourth-order valence-corrected chi connectivity index (χ4v) is 5.61. The van der Waals surface area contributed by atoms with Gasteiger partial charge in [0.05, 0.1) is 6.04 Å². The predicted molar refractivity (Wildman–Crippen MR) is 115 cm³/mol. The molecule has 5 atom stereocenters. The third-order valence-electron chi connectivity index (χ3n) is 7.40. The molecule has 1 aromatic rings. The van der Waals surface area contributed by atoms with Crippen molar-refractivity contribution in [3.05, 3.63) is 35.6 Å². The van der Waals surface area contributed by atoms with Crippen molar-refractivity contribution in [2.24, 2.45) is 17.8 Å². The van der Waals surface area contributed by atoms with E-state index in [-0.39, 0.29) is 24.8 Å². The van der Waals surface area contributed by atoms with Gasteiger partial charge in [-0.2, -0.15) is 8.78 Å². The molecule has 3 amide bonds. The minimum atomic E-state index is -4.07. The van der Waals surface area contributed by atoms with Gasteiger partial charge in [0, 0.05) is 24.6 Å². The van der Waals surface area contributed by atoms with Gasteiger partial charge in [0.1, 0.15) is 18.5 Å². The maximum absolute atomic E-state index is 15.1. The second-order valence-corrected chi connectivity index (χ2v) is 9.52. The summed E-state index contributed by atoms with van der Waals surface area (Å²) in [6.07, 6.45) is 2.25. The number of Topliss-reactive ketones (excluding diaryl/α,β-unsaturated/α-hetero) is 1. The van der Waals surface area contributed by atoms with Crippen molar-refractivity contribution in [1.29, 1.82) is 0 Å². The summed E-state index contributed by atoms with van der Waals surface area (Å²) in [4.78, 5) is 51.3. The molecule has 2 saturated heterocycles. The van der Waals surface area contributed by atoms with Gasteiger partial charge in [-0.3, -0.25) is 19.2 Å². The highest BCUT2D eigenvalue weighted by Crippen LogP contribution is 2.44. The Balaban J connectivity index is 1.57. The maximum atomic E-state index is 15.1. The molecule has 2 N–H and O–H groups in total. The van der Waals surface area contributed by atoms with Crippen molar-refractivity contribution in [3.8, 4) is 0 Å². The molecule has 190 valence electrons. The number of hydrogen-bond acceptors (Lipinski definition) is 4. The summed E-state index contributed by atoms with van der Waals surface area (Å²) in [7, 11) is 0. The summed E-state index contributed by atoms with van der Waals surface area (Å²) in [5, 5.41) is 5.06. The smallest absolute Gasteiger partial charge is 0.350 e. The minimum Gasteiger partial charge on any atom is -0.356 e. The van der Waals surface area contributed by atoms with E-state index in [1.54, 1.807) is 0 Å². The summed E-state index contributed by atoms with van der Waals surface area (Å²) < 4.78 is 57.0. The normalized spacial score (nSPS) is 26.9. The van der Waals surface area contributed by atoms with Crippen LogP contribution in [0, 0.1) is 23.6 Å². The van der Waals surface area contributed by atoms with Crippen LogP contribution < -0.4 is 10.6 Å². The van der Waals surface area contributed by atoms with Gasteiger partial charge in [0.15, 0.2) is 5.78 Å². The highest BCUT2D eigenvalue weighted by atomic mass is 19.3. The van der Waals surface area contributed by atoms with Crippen LogP contribution >= 0.6 is 0 Å². The number of benzene rings is 1. The number of rotatable bonds is 8. The summed E-state index contributed by atoms with van der Waals surface area (Å²) >= 11 is 0. The van der Waals surface area contributed by atoms with Crippen molar-refractivity contribution in [3.63, 3.8) is 0 Å². The molecule has 0 radical (unpaired) electrons. The van der Waals surface area contributed by atoms with Gasteiger partial charge in [-0.05, 0) is 49.7 Å². The summed E-state index contributed by atoms with van der Waals surface area (Å²) in [6, 6.07) is 0.972. The van der Waals surface area contributed by atoms with Gasteiger partial charge in [0.2, 0.25) is 11.8 Å². The molecule has 3 aliphatic rings. The molecule has 3 fully saturated rings. The Labute approximate surface area is 199 Å². The molecule has 1 aromatic carbocycles. The Morgan fingerprint density at radius 2 is 1.97 bits per heavy atom. The summed E-state index contributed by atoms with van der Waals surface area (Å²) in [5.41, 5.74) is -0.823. The Bertz CT molecular complexity index is 1020. The van der Waals surface area contributed by atoms with E-state index in [1.807, 2.05) is 0 Å². The van der Waals surface area contributed by atoms with Crippen molar-refractivity contribution in [1.82, 2.24) is 15.5 Å². The van der Waals surface area contributed by atoms with Crippen LogP contribution in [0.1, 0.15) is 37.7 Å². The van der Waals surface area contributed by atoms with E-state index in [4.69, 9.17) is 0 Å². The second kappa shape index (κ2) is 9.94. The van der Waals surface area contributed by atoms with Crippen molar-refractivity contribution >= 4 is 23.5 Å². The monoisotopic (exact) mass is 497 g/mol. The lowest BCUT2D eigenvalue weighted by atomic mass is 9.92.